The van der Waals surface area contributed by atoms with Gasteiger partial charge in [-0.15, -0.1) is 11.8 Å². The number of anilines is 1. The highest BCUT2D eigenvalue weighted by Crippen LogP contribution is 2.28. The van der Waals surface area contributed by atoms with Crippen molar-refractivity contribution in [1.29, 1.82) is 0 Å². The number of carbonyl (C=O) groups is 1. The Balaban J connectivity index is 0.000000705. The van der Waals surface area contributed by atoms with Crippen LogP contribution in [0.3, 0.4) is 0 Å². The molecule has 0 fully saturated rings. The standard InChI is InChI=1S/C15H16F2N2OS.CH4N2O/c1-18-11-5-3-7-13(21-2)10(11)9-20-14-8-4-6-12(19-14)15(16)17;2-3-1-4/h3-8,15,18H,9H2,1-2H3;1H,2H2,(H,3,4). The Kier molecular flexibility index (Phi) is 9.26. The van der Waals surface area contributed by atoms with Gasteiger partial charge in [-0.2, -0.15) is 0 Å². The van der Waals surface area contributed by atoms with Crippen molar-refractivity contribution in [3.63, 3.8) is 0 Å². The largest absolute Gasteiger partial charge is 0.473 e. The van der Waals surface area contributed by atoms with E-state index in [1.54, 1.807) is 23.3 Å². The minimum absolute atomic E-state index is 0.200. The molecule has 1 aromatic carbocycles. The van der Waals surface area contributed by atoms with Gasteiger partial charge < -0.3 is 10.1 Å². The van der Waals surface area contributed by atoms with Gasteiger partial charge in [0, 0.05) is 29.3 Å². The Morgan fingerprint density at radius 2 is 2.00 bits per heavy atom. The van der Waals surface area contributed by atoms with E-state index >= 15 is 0 Å². The van der Waals surface area contributed by atoms with Crippen LogP contribution in [0.1, 0.15) is 17.7 Å². The molecule has 6 nitrogen and oxygen atoms in total. The fourth-order valence-corrected chi connectivity index (χ4v) is 2.55. The van der Waals surface area contributed by atoms with Crippen LogP contribution in [-0.4, -0.2) is 24.7 Å². The Labute approximate surface area is 149 Å². The molecule has 9 heteroatoms. The van der Waals surface area contributed by atoms with Gasteiger partial charge in [-0.3, -0.25) is 10.2 Å². The molecule has 0 aliphatic heterocycles. The molecule has 4 N–H and O–H groups in total. The number of rotatable bonds is 7. The maximum atomic E-state index is 12.6. The van der Waals surface area contributed by atoms with Crippen LogP contribution in [0.25, 0.3) is 0 Å². The van der Waals surface area contributed by atoms with E-state index in [0.717, 1.165) is 16.1 Å². The fourth-order valence-electron chi connectivity index (χ4n) is 1.92. The first-order valence-electron chi connectivity index (χ1n) is 7.18. The summed E-state index contributed by atoms with van der Waals surface area (Å²) in [5, 5.41) is 3.10. The van der Waals surface area contributed by atoms with Crippen LogP contribution < -0.4 is 21.3 Å². The topological polar surface area (TPSA) is 89.3 Å². The predicted octanol–water partition coefficient (Wildman–Crippen LogP) is 2.97. The summed E-state index contributed by atoms with van der Waals surface area (Å²) in [7, 11) is 1.83. The van der Waals surface area contributed by atoms with Gasteiger partial charge >= 0.3 is 0 Å². The summed E-state index contributed by atoms with van der Waals surface area (Å²) in [4.78, 5) is 13.8. The van der Waals surface area contributed by atoms with Crippen molar-refractivity contribution in [2.75, 3.05) is 18.6 Å². The summed E-state index contributed by atoms with van der Waals surface area (Å²) < 4.78 is 30.8. The average Bonchev–Trinajstić information content (AvgIpc) is 2.66. The van der Waals surface area contributed by atoms with Crippen molar-refractivity contribution in [3.05, 3.63) is 47.7 Å². The van der Waals surface area contributed by atoms with Gasteiger partial charge in [0.2, 0.25) is 12.3 Å². The molecule has 0 saturated carbocycles. The Bertz CT molecular complexity index is 652. The molecular weight excluding hydrogens is 350 g/mol. The summed E-state index contributed by atoms with van der Waals surface area (Å²) >= 11 is 1.61. The minimum atomic E-state index is -2.60. The number of benzene rings is 1. The summed E-state index contributed by atoms with van der Waals surface area (Å²) in [6, 6.07) is 10.3. The van der Waals surface area contributed by atoms with Gasteiger partial charge in [-0.25, -0.2) is 19.6 Å². The van der Waals surface area contributed by atoms with E-state index < -0.39 is 6.43 Å². The molecule has 136 valence electrons. The molecule has 1 heterocycles. The summed E-state index contributed by atoms with van der Waals surface area (Å²) in [6.45, 7) is 0.271. The number of carbonyl (C=O) groups excluding carboxylic acids is 1. The second-order valence-corrected chi connectivity index (χ2v) is 5.36. The molecule has 0 radical (unpaired) electrons. The highest BCUT2D eigenvalue weighted by atomic mass is 32.2. The maximum Gasteiger partial charge on any atom is 0.280 e. The second kappa shape index (κ2) is 11.2. The molecule has 25 heavy (non-hydrogen) atoms. The van der Waals surface area contributed by atoms with E-state index in [1.807, 2.05) is 31.5 Å². The van der Waals surface area contributed by atoms with Crippen LogP contribution in [0.5, 0.6) is 5.88 Å². The third kappa shape index (κ3) is 6.55. The predicted molar refractivity (Wildman–Crippen MR) is 94.7 cm³/mol. The maximum absolute atomic E-state index is 12.6. The summed E-state index contributed by atoms with van der Waals surface area (Å²) in [6.07, 6.45) is -0.214. The van der Waals surface area contributed by atoms with Crippen molar-refractivity contribution < 1.29 is 18.3 Å². The highest BCUT2D eigenvalue weighted by molar-refractivity contribution is 7.98. The van der Waals surface area contributed by atoms with Crippen molar-refractivity contribution in [3.8, 4) is 5.88 Å². The van der Waals surface area contributed by atoms with Crippen LogP contribution in [0.4, 0.5) is 14.5 Å². The summed E-state index contributed by atoms with van der Waals surface area (Å²) in [5.41, 5.74) is 3.41. The van der Waals surface area contributed by atoms with E-state index in [1.165, 1.54) is 12.1 Å². The molecule has 0 aliphatic carbocycles. The first kappa shape index (κ1) is 20.7. The molecule has 0 spiro atoms. The number of hydrogen-bond acceptors (Lipinski definition) is 6. The zero-order valence-electron chi connectivity index (χ0n) is 13.8. The molecule has 1 amide bonds. The average molecular weight is 370 g/mol. The van der Waals surface area contributed by atoms with E-state index in [4.69, 9.17) is 9.53 Å². The van der Waals surface area contributed by atoms with Gasteiger partial charge in [-0.05, 0) is 24.5 Å². The van der Waals surface area contributed by atoms with Crippen LogP contribution in [-0.2, 0) is 11.4 Å². The lowest BCUT2D eigenvalue weighted by Gasteiger charge is -2.14. The molecule has 0 aliphatic rings. The molecule has 2 rings (SSSR count). The third-order valence-corrected chi connectivity index (χ3v) is 3.85. The molecule has 0 atom stereocenters. The van der Waals surface area contributed by atoms with Crippen LogP contribution in [0.15, 0.2) is 41.3 Å². The number of hydrogen-bond donors (Lipinski definition) is 3. The van der Waals surface area contributed by atoms with Crippen molar-refractivity contribution in [1.82, 2.24) is 10.4 Å². The third-order valence-electron chi connectivity index (χ3n) is 3.02. The number of nitrogens with one attached hydrogen (secondary N) is 2. The zero-order chi connectivity index (χ0) is 18.7. The summed E-state index contributed by atoms with van der Waals surface area (Å²) in [5.74, 6) is 4.61. The normalized spacial score (nSPS) is 9.84. The Hall–Kier alpha value is -2.39. The molecule has 0 unspecified atom stereocenters. The van der Waals surface area contributed by atoms with Gasteiger partial charge in [0.05, 0.1) is 0 Å². The lowest BCUT2D eigenvalue weighted by Crippen LogP contribution is -2.18. The molecule has 1 aromatic heterocycles. The number of thioether (sulfide) groups is 1. The van der Waals surface area contributed by atoms with Crippen molar-refractivity contribution in [2.45, 2.75) is 17.9 Å². The van der Waals surface area contributed by atoms with E-state index in [2.05, 4.69) is 16.1 Å². The van der Waals surface area contributed by atoms with Gasteiger partial charge in [0.1, 0.15) is 12.3 Å². The van der Waals surface area contributed by atoms with Crippen molar-refractivity contribution in [2.24, 2.45) is 5.84 Å². The molecule has 0 bridgehead atoms. The van der Waals surface area contributed by atoms with Crippen LogP contribution in [0.2, 0.25) is 0 Å². The first-order valence-corrected chi connectivity index (χ1v) is 8.41. The van der Waals surface area contributed by atoms with Gasteiger partial charge in [-0.1, -0.05) is 12.1 Å². The minimum Gasteiger partial charge on any atom is -0.473 e. The van der Waals surface area contributed by atoms with Crippen molar-refractivity contribution >= 4 is 23.9 Å². The van der Waals surface area contributed by atoms with Crippen LogP contribution in [0, 0.1) is 0 Å². The van der Waals surface area contributed by atoms with E-state index in [9.17, 15) is 8.78 Å². The zero-order valence-corrected chi connectivity index (χ0v) is 14.6. The smallest absolute Gasteiger partial charge is 0.280 e. The number of ether oxygens (including phenoxy) is 1. The van der Waals surface area contributed by atoms with Gasteiger partial charge in [0.15, 0.2) is 0 Å². The lowest BCUT2D eigenvalue weighted by atomic mass is 10.2. The molecule has 2 aromatic rings. The lowest BCUT2D eigenvalue weighted by molar-refractivity contribution is -0.109. The second-order valence-electron chi connectivity index (χ2n) is 4.51. The molecule has 0 saturated heterocycles. The van der Waals surface area contributed by atoms with Crippen LogP contribution >= 0.6 is 11.8 Å². The van der Waals surface area contributed by atoms with E-state index in [-0.39, 0.29) is 18.2 Å². The number of alkyl halides is 2. The Morgan fingerprint density at radius 3 is 2.56 bits per heavy atom. The monoisotopic (exact) mass is 370 g/mol. The first-order chi connectivity index (χ1) is 12.1. The quantitative estimate of drug-likeness (QED) is 0.228. The number of aromatic nitrogens is 1. The van der Waals surface area contributed by atoms with Gasteiger partial charge in [0.25, 0.3) is 6.43 Å². The highest BCUT2D eigenvalue weighted by Gasteiger charge is 2.11. The number of amides is 1. The SMILES string of the molecule is CNc1cccc(SC)c1COc1cccc(C(F)F)n1.NNC=O. The number of pyridine rings is 1. The van der Waals surface area contributed by atoms with E-state index in [0.29, 0.717) is 6.41 Å². The number of nitrogens with zero attached hydrogens (tertiary/aromatic N) is 1. The number of halogens is 2. The number of hydrazine groups is 1. The molecular formula is C16H20F2N4O2S. The fraction of sp³-hybridized carbons (Fsp3) is 0.250. The number of nitrogens with two attached hydrogens (primary N) is 1. The Morgan fingerprint density at radius 1 is 1.32 bits per heavy atom.